The highest BCUT2D eigenvalue weighted by atomic mass is 16.2. The standard InChI is InChI=1S/C16H20N4O/c1-12(2)11-20(10-6-9-17)16(21)15-13-7-4-5-8-14(13)19(3)18-15/h4-5,7-8,12H,6,10-11H2,1-3H3. The second kappa shape index (κ2) is 6.40. The van der Waals surface area contributed by atoms with Crippen molar-refractivity contribution in [2.24, 2.45) is 13.0 Å². The van der Waals surface area contributed by atoms with Gasteiger partial charge in [0.2, 0.25) is 0 Å². The molecule has 0 fully saturated rings. The first kappa shape index (κ1) is 15.0. The van der Waals surface area contributed by atoms with Gasteiger partial charge in [-0.1, -0.05) is 32.0 Å². The van der Waals surface area contributed by atoms with Crippen LogP contribution in [0, 0.1) is 17.2 Å². The topological polar surface area (TPSA) is 61.9 Å². The Hall–Kier alpha value is -2.35. The Bertz CT molecular complexity index is 681. The number of carbonyl (C=O) groups is 1. The first-order valence-electron chi connectivity index (χ1n) is 7.12. The van der Waals surface area contributed by atoms with Crippen LogP contribution < -0.4 is 0 Å². The Balaban J connectivity index is 2.36. The van der Waals surface area contributed by atoms with E-state index in [-0.39, 0.29) is 5.91 Å². The molecule has 1 aromatic heterocycles. The quantitative estimate of drug-likeness (QED) is 0.847. The summed E-state index contributed by atoms with van der Waals surface area (Å²) in [6, 6.07) is 9.79. The van der Waals surface area contributed by atoms with Crippen molar-refractivity contribution >= 4 is 16.8 Å². The van der Waals surface area contributed by atoms with Gasteiger partial charge in [0.05, 0.1) is 18.0 Å². The molecule has 1 heterocycles. The van der Waals surface area contributed by atoms with Gasteiger partial charge < -0.3 is 4.90 Å². The average molecular weight is 284 g/mol. The van der Waals surface area contributed by atoms with Crippen LogP contribution in [0.3, 0.4) is 0 Å². The number of nitrogens with zero attached hydrogens (tertiary/aromatic N) is 4. The lowest BCUT2D eigenvalue weighted by atomic mass is 10.1. The molecule has 2 rings (SSSR count). The van der Waals surface area contributed by atoms with Gasteiger partial charge in [-0.3, -0.25) is 9.48 Å². The highest BCUT2D eigenvalue weighted by Gasteiger charge is 2.22. The molecule has 0 aliphatic rings. The third-order valence-corrected chi connectivity index (χ3v) is 3.33. The summed E-state index contributed by atoms with van der Waals surface area (Å²) in [7, 11) is 1.83. The normalized spacial score (nSPS) is 10.8. The number of rotatable bonds is 5. The molecule has 0 N–H and O–H groups in total. The molecule has 0 saturated heterocycles. The lowest BCUT2D eigenvalue weighted by molar-refractivity contribution is 0.0735. The molecule has 5 nitrogen and oxygen atoms in total. The van der Waals surface area contributed by atoms with Gasteiger partial charge in [0.1, 0.15) is 0 Å². The Labute approximate surface area is 124 Å². The lowest BCUT2D eigenvalue weighted by Crippen LogP contribution is -2.35. The molecule has 5 heteroatoms. The van der Waals surface area contributed by atoms with Crippen LogP contribution in [0.1, 0.15) is 30.8 Å². The van der Waals surface area contributed by atoms with Gasteiger partial charge in [-0.25, -0.2) is 0 Å². The highest BCUT2D eigenvalue weighted by Crippen LogP contribution is 2.19. The monoisotopic (exact) mass is 284 g/mol. The van der Waals surface area contributed by atoms with Crippen LogP contribution >= 0.6 is 0 Å². The number of amides is 1. The maximum atomic E-state index is 12.8. The lowest BCUT2D eigenvalue weighted by Gasteiger charge is -2.22. The van der Waals surface area contributed by atoms with E-state index in [1.165, 1.54) is 0 Å². The average Bonchev–Trinajstić information content (AvgIpc) is 2.80. The number of hydrogen-bond acceptors (Lipinski definition) is 3. The van der Waals surface area contributed by atoms with Crippen molar-refractivity contribution in [3.05, 3.63) is 30.0 Å². The summed E-state index contributed by atoms with van der Waals surface area (Å²) in [5.74, 6) is 0.248. The molecule has 2 aromatic rings. The summed E-state index contributed by atoms with van der Waals surface area (Å²) in [5, 5.41) is 14.0. The van der Waals surface area contributed by atoms with Gasteiger partial charge in [-0.15, -0.1) is 0 Å². The van der Waals surface area contributed by atoms with E-state index >= 15 is 0 Å². The van der Waals surface area contributed by atoms with Crippen molar-refractivity contribution < 1.29 is 4.79 Å². The van der Waals surface area contributed by atoms with Crippen molar-refractivity contribution in [2.45, 2.75) is 20.3 Å². The number of aryl methyl sites for hydroxylation is 1. The summed E-state index contributed by atoms with van der Waals surface area (Å²) in [4.78, 5) is 14.5. The van der Waals surface area contributed by atoms with Crippen molar-refractivity contribution in [3.63, 3.8) is 0 Å². The molecule has 0 saturated carbocycles. The zero-order valence-electron chi connectivity index (χ0n) is 12.7. The number of benzene rings is 1. The van der Waals surface area contributed by atoms with Crippen LogP contribution in [-0.4, -0.2) is 33.7 Å². The minimum atomic E-state index is -0.101. The van der Waals surface area contributed by atoms with Gasteiger partial charge in [-0.05, 0) is 12.0 Å². The number of aromatic nitrogens is 2. The zero-order chi connectivity index (χ0) is 15.4. The minimum absolute atomic E-state index is 0.101. The van der Waals surface area contributed by atoms with Gasteiger partial charge >= 0.3 is 0 Å². The second-order valence-corrected chi connectivity index (χ2v) is 5.54. The Morgan fingerprint density at radius 2 is 2.14 bits per heavy atom. The number of hydrogen-bond donors (Lipinski definition) is 0. The minimum Gasteiger partial charge on any atom is -0.336 e. The summed E-state index contributed by atoms with van der Waals surface area (Å²) in [5.41, 5.74) is 1.40. The van der Waals surface area contributed by atoms with E-state index in [2.05, 4.69) is 25.0 Å². The van der Waals surface area contributed by atoms with E-state index in [4.69, 9.17) is 5.26 Å². The van der Waals surface area contributed by atoms with E-state index in [0.29, 0.717) is 31.1 Å². The van der Waals surface area contributed by atoms with Gasteiger partial charge in [0, 0.05) is 25.5 Å². The van der Waals surface area contributed by atoms with Gasteiger partial charge in [0.25, 0.3) is 5.91 Å². The fourth-order valence-corrected chi connectivity index (χ4v) is 2.42. The van der Waals surface area contributed by atoms with Crippen LogP contribution in [0.5, 0.6) is 0 Å². The maximum absolute atomic E-state index is 12.8. The predicted octanol–water partition coefficient (Wildman–Crippen LogP) is 2.59. The second-order valence-electron chi connectivity index (χ2n) is 5.54. The largest absolute Gasteiger partial charge is 0.336 e. The molecule has 0 radical (unpaired) electrons. The third-order valence-electron chi connectivity index (χ3n) is 3.33. The summed E-state index contributed by atoms with van der Waals surface area (Å²) < 4.78 is 1.72. The fraction of sp³-hybridized carbons (Fsp3) is 0.438. The number of fused-ring (bicyclic) bond motifs is 1. The van der Waals surface area contributed by atoms with Crippen LogP contribution in [-0.2, 0) is 7.05 Å². The molecule has 0 bridgehead atoms. The van der Waals surface area contributed by atoms with Crippen LogP contribution in [0.15, 0.2) is 24.3 Å². The Morgan fingerprint density at radius 3 is 2.81 bits per heavy atom. The van der Waals surface area contributed by atoms with E-state index in [1.54, 1.807) is 9.58 Å². The van der Waals surface area contributed by atoms with Gasteiger partial charge in [0.15, 0.2) is 5.69 Å². The summed E-state index contributed by atoms with van der Waals surface area (Å²) >= 11 is 0. The summed E-state index contributed by atoms with van der Waals surface area (Å²) in [6.07, 6.45) is 0.337. The maximum Gasteiger partial charge on any atom is 0.275 e. The van der Waals surface area contributed by atoms with Crippen LogP contribution in [0.25, 0.3) is 10.9 Å². The Morgan fingerprint density at radius 1 is 1.43 bits per heavy atom. The molecule has 1 amide bonds. The Kier molecular flexibility index (Phi) is 4.59. The van der Waals surface area contributed by atoms with E-state index < -0.39 is 0 Å². The van der Waals surface area contributed by atoms with Crippen molar-refractivity contribution in [2.75, 3.05) is 13.1 Å². The fourth-order valence-electron chi connectivity index (χ4n) is 2.42. The number of nitriles is 1. The molecule has 0 aliphatic heterocycles. The number of carbonyl (C=O) groups excluding carboxylic acids is 1. The molecular formula is C16H20N4O. The van der Waals surface area contributed by atoms with E-state index in [9.17, 15) is 4.79 Å². The SMILES string of the molecule is CC(C)CN(CCC#N)C(=O)c1nn(C)c2ccccc12. The number of para-hydroxylation sites is 1. The molecule has 0 spiro atoms. The zero-order valence-corrected chi connectivity index (χ0v) is 12.7. The molecule has 1 aromatic carbocycles. The third kappa shape index (κ3) is 3.22. The molecule has 0 atom stereocenters. The molecule has 0 aliphatic carbocycles. The van der Waals surface area contributed by atoms with E-state index in [1.807, 2.05) is 31.3 Å². The van der Waals surface area contributed by atoms with Gasteiger partial charge in [-0.2, -0.15) is 10.4 Å². The highest BCUT2D eigenvalue weighted by molar-refractivity contribution is 6.04. The smallest absolute Gasteiger partial charge is 0.275 e. The molecule has 21 heavy (non-hydrogen) atoms. The molecular weight excluding hydrogens is 264 g/mol. The van der Waals surface area contributed by atoms with Crippen molar-refractivity contribution in [3.8, 4) is 6.07 Å². The molecule has 110 valence electrons. The first-order valence-corrected chi connectivity index (χ1v) is 7.12. The first-order chi connectivity index (χ1) is 10.0. The van der Waals surface area contributed by atoms with E-state index in [0.717, 1.165) is 10.9 Å². The summed E-state index contributed by atoms with van der Waals surface area (Å²) in [6.45, 7) is 5.19. The predicted molar refractivity (Wildman–Crippen MR) is 81.7 cm³/mol. The van der Waals surface area contributed by atoms with Crippen molar-refractivity contribution in [1.29, 1.82) is 5.26 Å². The molecule has 0 unspecified atom stereocenters. The van der Waals surface area contributed by atoms with Crippen LogP contribution in [0.4, 0.5) is 0 Å². The van der Waals surface area contributed by atoms with Crippen molar-refractivity contribution in [1.82, 2.24) is 14.7 Å². The van der Waals surface area contributed by atoms with Crippen LogP contribution in [0.2, 0.25) is 0 Å².